The van der Waals surface area contributed by atoms with E-state index in [4.69, 9.17) is 4.74 Å². The summed E-state index contributed by atoms with van der Waals surface area (Å²) in [6.07, 6.45) is 3.91. The van der Waals surface area contributed by atoms with E-state index in [0.717, 1.165) is 18.5 Å². The maximum atomic E-state index is 13.1. The van der Waals surface area contributed by atoms with Crippen molar-refractivity contribution in [2.24, 2.45) is 7.05 Å². The number of carbonyl (C=O) groups is 2. The third-order valence-corrected chi connectivity index (χ3v) is 4.74. The lowest BCUT2D eigenvalue weighted by Gasteiger charge is -2.28. The molecule has 6 heteroatoms. The first kappa shape index (κ1) is 21.7. The minimum atomic E-state index is -0.152. The summed E-state index contributed by atoms with van der Waals surface area (Å²) in [6.45, 7) is 4.14. The fourth-order valence-corrected chi connectivity index (χ4v) is 2.98. The first-order valence-corrected chi connectivity index (χ1v) is 9.78. The lowest BCUT2D eigenvalue weighted by molar-refractivity contribution is -0.132. The van der Waals surface area contributed by atoms with Crippen molar-refractivity contribution in [2.75, 3.05) is 33.4 Å². The zero-order chi connectivity index (χ0) is 20.4. The number of hydrogen-bond donors (Lipinski definition) is 0. The number of rotatable bonds is 11. The van der Waals surface area contributed by atoms with Crippen molar-refractivity contribution in [1.82, 2.24) is 14.4 Å². The van der Waals surface area contributed by atoms with Gasteiger partial charge in [0.15, 0.2) is 0 Å². The van der Waals surface area contributed by atoms with Gasteiger partial charge in [-0.3, -0.25) is 9.59 Å². The van der Waals surface area contributed by atoms with Gasteiger partial charge in [-0.25, -0.2) is 0 Å². The van der Waals surface area contributed by atoms with Crippen LogP contribution < -0.4 is 0 Å². The van der Waals surface area contributed by atoms with Crippen LogP contribution in [0.5, 0.6) is 0 Å². The number of aromatic nitrogens is 1. The number of aryl methyl sites for hydroxylation is 1. The van der Waals surface area contributed by atoms with Gasteiger partial charge in [0, 0.05) is 44.7 Å². The zero-order valence-electron chi connectivity index (χ0n) is 17.1. The van der Waals surface area contributed by atoms with Gasteiger partial charge >= 0.3 is 0 Å². The summed E-state index contributed by atoms with van der Waals surface area (Å²) in [5.41, 5.74) is 1.65. The van der Waals surface area contributed by atoms with Crippen LogP contribution in [0.3, 0.4) is 0 Å². The number of nitrogens with zero attached hydrogens (tertiary/aromatic N) is 3. The predicted octanol–water partition coefficient (Wildman–Crippen LogP) is 2.94. The summed E-state index contributed by atoms with van der Waals surface area (Å²) < 4.78 is 7.16. The van der Waals surface area contributed by atoms with Crippen LogP contribution in [-0.2, 0) is 23.1 Å². The topological polar surface area (TPSA) is 54.8 Å². The van der Waals surface area contributed by atoms with E-state index in [1.165, 1.54) is 0 Å². The number of hydrogen-bond acceptors (Lipinski definition) is 3. The second-order valence-corrected chi connectivity index (χ2v) is 6.86. The number of methoxy groups -OCH3 is 1. The van der Waals surface area contributed by atoms with E-state index in [-0.39, 0.29) is 18.4 Å². The molecule has 0 saturated carbocycles. The number of ether oxygens (including phenoxy) is 1. The Balaban J connectivity index is 2.12. The molecule has 1 aromatic carbocycles. The molecule has 6 nitrogen and oxygen atoms in total. The van der Waals surface area contributed by atoms with Crippen molar-refractivity contribution >= 4 is 11.8 Å². The molecule has 0 atom stereocenters. The second kappa shape index (κ2) is 11.3. The number of carbonyl (C=O) groups excluding carboxylic acids is 2. The van der Waals surface area contributed by atoms with Crippen LogP contribution in [0.25, 0.3) is 0 Å². The molecule has 0 saturated heterocycles. The van der Waals surface area contributed by atoms with Gasteiger partial charge in [0.1, 0.15) is 6.54 Å². The van der Waals surface area contributed by atoms with Crippen molar-refractivity contribution in [1.29, 1.82) is 0 Å². The Kier molecular flexibility index (Phi) is 8.75. The minimum Gasteiger partial charge on any atom is -0.383 e. The molecule has 1 heterocycles. The largest absolute Gasteiger partial charge is 0.383 e. The van der Waals surface area contributed by atoms with E-state index in [2.05, 4.69) is 6.92 Å². The normalized spacial score (nSPS) is 10.7. The molecule has 28 heavy (non-hydrogen) atoms. The van der Waals surface area contributed by atoms with Gasteiger partial charge in [-0.1, -0.05) is 31.5 Å². The van der Waals surface area contributed by atoms with E-state index in [0.29, 0.717) is 31.8 Å². The summed E-state index contributed by atoms with van der Waals surface area (Å²) in [5.74, 6) is -0.199. The van der Waals surface area contributed by atoms with E-state index in [1.54, 1.807) is 24.1 Å². The fourth-order valence-electron chi connectivity index (χ4n) is 2.98. The highest BCUT2D eigenvalue weighted by Gasteiger charge is 2.22. The molecule has 0 aliphatic carbocycles. The Labute approximate surface area is 167 Å². The Morgan fingerprint density at radius 1 is 1.04 bits per heavy atom. The van der Waals surface area contributed by atoms with Crippen molar-refractivity contribution in [3.63, 3.8) is 0 Å². The molecule has 2 aromatic rings. The quantitative estimate of drug-likeness (QED) is 0.598. The highest BCUT2D eigenvalue weighted by Crippen LogP contribution is 2.10. The maximum absolute atomic E-state index is 13.1. The lowest BCUT2D eigenvalue weighted by Crippen LogP contribution is -2.44. The Morgan fingerprint density at radius 3 is 2.39 bits per heavy atom. The Hall–Kier alpha value is -2.60. The molecule has 0 N–H and O–H groups in total. The van der Waals surface area contributed by atoms with Crippen molar-refractivity contribution in [2.45, 2.75) is 26.3 Å². The minimum absolute atomic E-state index is 0.0463. The van der Waals surface area contributed by atoms with Crippen LogP contribution in [0.2, 0.25) is 0 Å². The summed E-state index contributed by atoms with van der Waals surface area (Å²) in [4.78, 5) is 29.4. The predicted molar refractivity (Wildman–Crippen MR) is 110 cm³/mol. The lowest BCUT2D eigenvalue weighted by atomic mass is 10.2. The molecule has 0 radical (unpaired) electrons. The second-order valence-electron chi connectivity index (χ2n) is 6.86. The van der Waals surface area contributed by atoms with E-state index >= 15 is 0 Å². The van der Waals surface area contributed by atoms with Gasteiger partial charge in [0.25, 0.3) is 5.91 Å². The van der Waals surface area contributed by atoms with E-state index < -0.39 is 0 Å². The Morgan fingerprint density at radius 2 is 1.79 bits per heavy atom. The summed E-state index contributed by atoms with van der Waals surface area (Å²) >= 11 is 0. The Bertz CT molecular complexity index is 742. The van der Waals surface area contributed by atoms with Gasteiger partial charge in [0.05, 0.1) is 13.2 Å². The summed E-state index contributed by atoms with van der Waals surface area (Å²) in [7, 11) is 3.57. The van der Waals surface area contributed by atoms with Crippen LogP contribution in [0.15, 0.2) is 48.7 Å². The van der Waals surface area contributed by atoms with Gasteiger partial charge in [-0.05, 0) is 30.7 Å². The van der Waals surface area contributed by atoms with Crippen LogP contribution in [0.1, 0.15) is 35.8 Å². The van der Waals surface area contributed by atoms with Crippen molar-refractivity contribution in [3.8, 4) is 0 Å². The van der Waals surface area contributed by atoms with Gasteiger partial charge in [0.2, 0.25) is 5.91 Å². The molecular weight excluding hydrogens is 354 g/mol. The third kappa shape index (κ3) is 6.23. The average Bonchev–Trinajstić information content (AvgIpc) is 3.12. The SMILES string of the molecule is CCCCN(Cc1cccn1C)C(=O)CN(CCOC)C(=O)c1ccccc1. The average molecular weight is 386 g/mol. The first-order valence-electron chi connectivity index (χ1n) is 9.78. The van der Waals surface area contributed by atoms with Crippen molar-refractivity contribution in [3.05, 3.63) is 59.9 Å². The highest BCUT2D eigenvalue weighted by atomic mass is 16.5. The molecule has 0 aliphatic heterocycles. The molecule has 0 fully saturated rings. The van der Waals surface area contributed by atoms with Crippen molar-refractivity contribution < 1.29 is 14.3 Å². The molecule has 152 valence electrons. The smallest absolute Gasteiger partial charge is 0.254 e. The van der Waals surface area contributed by atoms with Gasteiger partial charge in [-0.15, -0.1) is 0 Å². The molecule has 2 amide bonds. The van der Waals surface area contributed by atoms with Crippen LogP contribution in [-0.4, -0.2) is 59.5 Å². The van der Waals surface area contributed by atoms with Crippen LogP contribution >= 0.6 is 0 Å². The van der Waals surface area contributed by atoms with E-state index in [9.17, 15) is 9.59 Å². The molecular formula is C22H31N3O3. The molecule has 0 unspecified atom stereocenters. The monoisotopic (exact) mass is 385 g/mol. The molecule has 1 aromatic heterocycles. The molecule has 2 rings (SSSR count). The van der Waals surface area contributed by atoms with Gasteiger partial charge < -0.3 is 19.1 Å². The first-order chi connectivity index (χ1) is 13.6. The highest BCUT2D eigenvalue weighted by molar-refractivity contribution is 5.96. The van der Waals surface area contributed by atoms with E-state index in [1.807, 2.05) is 53.0 Å². The zero-order valence-corrected chi connectivity index (χ0v) is 17.1. The number of unbranched alkanes of at least 4 members (excludes halogenated alkanes) is 1. The number of benzene rings is 1. The summed E-state index contributed by atoms with van der Waals surface area (Å²) in [5, 5.41) is 0. The van der Waals surface area contributed by atoms with Crippen LogP contribution in [0.4, 0.5) is 0 Å². The third-order valence-electron chi connectivity index (χ3n) is 4.74. The summed E-state index contributed by atoms with van der Waals surface area (Å²) in [6, 6.07) is 13.1. The fraction of sp³-hybridized carbons (Fsp3) is 0.455. The molecule has 0 bridgehead atoms. The number of amides is 2. The van der Waals surface area contributed by atoms with Crippen LogP contribution in [0, 0.1) is 0 Å². The maximum Gasteiger partial charge on any atom is 0.254 e. The standard InChI is InChI=1S/C22H31N3O3/c1-4-5-14-24(17-20-12-9-13-23(20)2)21(26)18-25(15-16-28-3)22(27)19-10-7-6-8-11-19/h6-13H,4-5,14-18H2,1-3H3. The molecule has 0 aliphatic rings. The van der Waals surface area contributed by atoms with Gasteiger partial charge in [-0.2, -0.15) is 0 Å². The molecule has 0 spiro atoms.